The summed E-state index contributed by atoms with van der Waals surface area (Å²) in [4.78, 5) is 65.9. The first-order valence-corrected chi connectivity index (χ1v) is 11.5. The number of nitrogens with one attached hydrogen (secondary N) is 1. The summed E-state index contributed by atoms with van der Waals surface area (Å²) < 4.78 is 10.0. The van der Waals surface area contributed by atoms with Crippen molar-refractivity contribution in [2.45, 2.75) is 52.5 Å². The van der Waals surface area contributed by atoms with Crippen LogP contribution in [0.3, 0.4) is 0 Å². The summed E-state index contributed by atoms with van der Waals surface area (Å²) in [5, 5.41) is 2.81. The van der Waals surface area contributed by atoms with Gasteiger partial charge in [-0.1, -0.05) is 20.8 Å². The van der Waals surface area contributed by atoms with E-state index in [0.29, 0.717) is 39.0 Å². The molecule has 5 amide bonds. The molecule has 3 fully saturated rings. The lowest BCUT2D eigenvalue weighted by atomic mass is 9.64. The summed E-state index contributed by atoms with van der Waals surface area (Å²) in [6.45, 7) is 8.44. The second-order valence-electron chi connectivity index (χ2n) is 9.99. The van der Waals surface area contributed by atoms with Crippen molar-refractivity contribution in [3.05, 3.63) is 0 Å². The minimum Gasteiger partial charge on any atom is -0.454 e. The number of urea groups is 1. The second kappa shape index (κ2) is 9.56. The molecule has 1 aliphatic carbocycles. The first-order chi connectivity index (χ1) is 15.5. The summed E-state index contributed by atoms with van der Waals surface area (Å²) in [7, 11) is 0. The van der Waals surface area contributed by atoms with Crippen LogP contribution in [0.15, 0.2) is 0 Å². The van der Waals surface area contributed by atoms with E-state index >= 15 is 0 Å². The highest BCUT2D eigenvalue weighted by Gasteiger charge is 2.56. The number of nitrogens with zero attached hydrogens (tertiary/aromatic N) is 3. The Balaban J connectivity index is 1.48. The average Bonchev–Trinajstić information content (AvgIpc) is 2.94. The van der Waals surface area contributed by atoms with Gasteiger partial charge in [-0.3, -0.25) is 19.3 Å². The number of esters is 1. The first-order valence-electron chi connectivity index (χ1n) is 11.5. The van der Waals surface area contributed by atoms with Crippen LogP contribution in [0.5, 0.6) is 0 Å². The number of hydrogen-bond donors (Lipinski definition) is 1. The molecule has 1 saturated carbocycles. The minimum atomic E-state index is -0.993. The number of imide groups is 1. The van der Waals surface area contributed by atoms with Gasteiger partial charge in [0.25, 0.3) is 11.8 Å². The number of carbonyl (C=O) groups is 5. The Morgan fingerprint density at radius 3 is 2.27 bits per heavy atom. The number of ether oxygens (including phenoxy) is 2. The maximum absolute atomic E-state index is 13.1. The lowest BCUT2D eigenvalue weighted by Crippen LogP contribution is -2.54. The lowest BCUT2D eigenvalue weighted by Gasteiger charge is -2.43. The van der Waals surface area contributed by atoms with Gasteiger partial charge in [0.15, 0.2) is 6.61 Å². The molecule has 11 nitrogen and oxygen atoms in total. The first kappa shape index (κ1) is 24.8. The average molecular weight is 467 g/mol. The van der Waals surface area contributed by atoms with Crippen LogP contribution >= 0.6 is 0 Å². The predicted molar refractivity (Wildman–Crippen MR) is 116 cm³/mol. The molecular weight excluding hydrogens is 432 g/mol. The smallest absolute Gasteiger partial charge is 0.409 e. The molecule has 0 aromatic carbocycles. The molecule has 1 spiro atoms. The Labute approximate surface area is 193 Å². The van der Waals surface area contributed by atoms with Gasteiger partial charge in [-0.05, 0) is 37.5 Å². The van der Waals surface area contributed by atoms with Crippen molar-refractivity contribution in [3.63, 3.8) is 0 Å². The molecule has 184 valence electrons. The van der Waals surface area contributed by atoms with Crippen LogP contribution < -0.4 is 5.32 Å². The summed E-state index contributed by atoms with van der Waals surface area (Å²) in [5.41, 5.74) is -1.10. The third kappa shape index (κ3) is 5.56. The molecule has 11 heteroatoms. The van der Waals surface area contributed by atoms with Gasteiger partial charge in [0.1, 0.15) is 12.1 Å². The molecular formula is C22H34N4O7. The standard InChI is InChI=1S/C22H34N4O7/c1-5-32-20(31)25-8-6-24(7-9-25)16(27)13-33-17(28)12-26-18(29)22(23-19(26)30)11-15(2)10-21(3,4)14-22/h15H,5-14H2,1-4H3,(H,23,30). The summed E-state index contributed by atoms with van der Waals surface area (Å²) in [5.74, 6) is -1.38. The predicted octanol–water partition coefficient (Wildman–Crippen LogP) is 0.967. The second-order valence-corrected chi connectivity index (χ2v) is 9.99. The van der Waals surface area contributed by atoms with Gasteiger partial charge in [0.05, 0.1) is 6.61 Å². The molecule has 2 unspecified atom stereocenters. The third-order valence-electron chi connectivity index (χ3n) is 6.43. The monoisotopic (exact) mass is 466 g/mol. The minimum absolute atomic E-state index is 0.110. The summed E-state index contributed by atoms with van der Waals surface area (Å²) in [6, 6.07) is -0.608. The normalized spacial score (nSPS) is 26.9. The van der Waals surface area contributed by atoms with E-state index in [1.54, 1.807) is 6.92 Å². The van der Waals surface area contributed by atoms with Crippen LogP contribution in [0.25, 0.3) is 0 Å². The quantitative estimate of drug-likeness (QED) is 0.473. The largest absolute Gasteiger partial charge is 0.454 e. The molecule has 1 N–H and O–H groups in total. The van der Waals surface area contributed by atoms with Crippen LogP contribution in [0.2, 0.25) is 0 Å². The Bertz CT molecular complexity index is 822. The SMILES string of the molecule is CCOC(=O)N1CCN(C(=O)COC(=O)CN2C(=O)NC3(CC(C)CC(C)(C)C3)C2=O)CC1. The van der Waals surface area contributed by atoms with Crippen molar-refractivity contribution in [3.8, 4) is 0 Å². The number of carbonyl (C=O) groups excluding carboxylic acids is 5. The van der Waals surface area contributed by atoms with Gasteiger partial charge < -0.3 is 24.6 Å². The molecule has 0 radical (unpaired) electrons. The van der Waals surface area contributed by atoms with Gasteiger partial charge in [-0.15, -0.1) is 0 Å². The summed E-state index contributed by atoms with van der Waals surface area (Å²) in [6.07, 6.45) is 1.58. The van der Waals surface area contributed by atoms with E-state index in [0.717, 1.165) is 11.3 Å². The van der Waals surface area contributed by atoms with E-state index in [-0.39, 0.29) is 17.9 Å². The molecule has 33 heavy (non-hydrogen) atoms. The maximum Gasteiger partial charge on any atom is 0.409 e. The van der Waals surface area contributed by atoms with Crippen molar-refractivity contribution in [2.24, 2.45) is 11.3 Å². The Morgan fingerprint density at radius 1 is 1.03 bits per heavy atom. The zero-order chi connectivity index (χ0) is 24.4. The van der Waals surface area contributed by atoms with Crippen LogP contribution in [0, 0.1) is 11.3 Å². The van der Waals surface area contributed by atoms with Gasteiger partial charge >= 0.3 is 18.1 Å². The van der Waals surface area contributed by atoms with Crippen LogP contribution in [-0.2, 0) is 23.9 Å². The van der Waals surface area contributed by atoms with Crippen molar-refractivity contribution in [1.82, 2.24) is 20.0 Å². The van der Waals surface area contributed by atoms with E-state index < -0.39 is 48.6 Å². The van der Waals surface area contributed by atoms with E-state index in [1.807, 2.05) is 0 Å². The topological polar surface area (TPSA) is 126 Å². The molecule has 3 rings (SSSR count). The van der Waals surface area contributed by atoms with Crippen molar-refractivity contribution < 1.29 is 33.4 Å². The fraction of sp³-hybridized carbons (Fsp3) is 0.773. The van der Waals surface area contributed by atoms with E-state index in [4.69, 9.17) is 9.47 Å². The highest BCUT2D eigenvalue weighted by molar-refractivity contribution is 6.08. The molecule has 0 bridgehead atoms. The van der Waals surface area contributed by atoms with E-state index in [1.165, 1.54) is 9.80 Å². The van der Waals surface area contributed by atoms with Gasteiger partial charge in [0, 0.05) is 26.2 Å². The van der Waals surface area contributed by atoms with E-state index in [9.17, 15) is 24.0 Å². The van der Waals surface area contributed by atoms with Crippen molar-refractivity contribution >= 4 is 29.9 Å². The zero-order valence-corrected chi connectivity index (χ0v) is 19.8. The van der Waals surface area contributed by atoms with E-state index in [2.05, 4.69) is 26.1 Å². The molecule has 0 aromatic rings. The lowest BCUT2D eigenvalue weighted by molar-refractivity contribution is -0.154. The Hall–Kier alpha value is -2.85. The fourth-order valence-corrected chi connectivity index (χ4v) is 5.41. The number of rotatable bonds is 5. The fourth-order valence-electron chi connectivity index (χ4n) is 5.41. The molecule has 3 aliphatic rings. The van der Waals surface area contributed by atoms with Gasteiger partial charge in [-0.25, -0.2) is 9.59 Å². The zero-order valence-electron chi connectivity index (χ0n) is 19.8. The summed E-state index contributed by atoms with van der Waals surface area (Å²) >= 11 is 0. The van der Waals surface area contributed by atoms with Gasteiger partial charge in [0.2, 0.25) is 0 Å². The van der Waals surface area contributed by atoms with Crippen LogP contribution in [-0.4, -0.2) is 96.1 Å². The van der Waals surface area contributed by atoms with Crippen LogP contribution in [0.1, 0.15) is 47.0 Å². The number of piperazine rings is 1. The van der Waals surface area contributed by atoms with Gasteiger partial charge in [-0.2, -0.15) is 0 Å². The Kier molecular flexibility index (Phi) is 7.18. The van der Waals surface area contributed by atoms with Crippen molar-refractivity contribution in [2.75, 3.05) is 45.9 Å². The van der Waals surface area contributed by atoms with Crippen LogP contribution in [0.4, 0.5) is 9.59 Å². The maximum atomic E-state index is 13.1. The van der Waals surface area contributed by atoms with Crippen molar-refractivity contribution in [1.29, 1.82) is 0 Å². The molecule has 2 aliphatic heterocycles. The molecule has 2 saturated heterocycles. The highest BCUT2D eigenvalue weighted by Crippen LogP contribution is 2.46. The molecule has 0 aromatic heterocycles. The highest BCUT2D eigenvalue weighted by atomic mass is 16.6. The molecule has 2 heterocycles. The third-order valence-corrected chi connectivity index (χ3v) is 6.43. The Morgan fingerprint density at radius 2 is 1.67 bits per heavy atom. The number of hydrogen-bond acceptors (Lipinski definition) is 7. The number of amides is 5. The molecule has 2 atom stereocenters.